The molecule has 2 aromatic carbocycles. The predicted molar refractivity (Wildman–Crippen MR) is 122 cm³/mol. The Morgan fingerprint density at radius 2 is 1.77 bits per heavy atom. The van der Waals surface area contributed by atoms with Gasteiger partial charge in [-0.1, -0.05) is 59.8 Å². The third-order valence-corrected chi connectivity index (χ3v) is 6.48. The minimum atomic E-state index is -0.117. The number of anilines is 1. The van der Waals surface area contributed by atoms with Crippen molar-refractivity contribution in [2.45, 2.75) is 25.9 Å². The van der Waals surface area contributed by atoms with Gasteiger partial charge in [0.2, 0.25) is 5.91 Å². The molecule has 152 valence electrons. The van der Waals surface area contributed by atoms with Gasteiger partial charge in [0.05, 0.1) is 11.4 Å². The monoisotopic (exact) mass is 435 g/mol. The van der Waals surface area contributed by atoms with Crippen LogP contribution in [0.2, 0.25) is 0 Å². The summed E-state index contributed by atoms with van der Waals surface area (Å²) in [5.74, 6) is 0.847. The molecule has 0 aliphatic carbocycles. The molecule has 0 spiro atoms. The Bertz CT molecular complexity index is 1150. The van der Waals surface area contributed by atoms with Crippen LogP contribution in [-0.2, 0) is 4.79 Å². The Balaban J connectivity index is 1.58. The number of para-hydroxylation sites is 1. The van der Waals surface area contributed by atoms with Crippen LogP contribution in [0.25, 0.3) is 17.1 Å². The molecule has 0 aliphatic rings. The Morgan fingerprint density at radius 3 is 2.43 bits per heavy atom. The lowest BCUT2D eigenvalue weighted by Gasteiger charge is -2.10. The second kappa shape index (κ2) is 8.81. The van der Waals surface area contributed by atoms with Crippen molar-refractivity contribution in [1.82, 2.24) is 19.7 Å². The van der Waals surface area contributed by atoms with Gasteiger partial charge in [0.1, 0.15) is 0 Å². The van der Waals surface area contributed by atoms with E-state index in [-0.39, 0.29) is 11.7 Å². The van der Waals surface area contributed by atoms with Crippen LogP contribution in [0.1, 0.15) is 16.1 Å². The molecular formula is C22H21N5OS2. The number of nitrogens with one attached hydrogen (secondary N) is 1. The first-order chi connectivity index (χ1) is 14.5. The summed E-state index contributed by atoms with van der Waals surface area (Å²) in [6.45, 7) is 5.98. The van der Waals surface area contributed by atoms with Crippen LogP contribution in [0.15, 0.2) is 59.8 Å². The predicted octanol–water partition coefficient (Wildman–Crippen LogP) is 5.05. The molecule has 0 saturated heterocycles. The molecule has 1 amide bonds. The number of aryl methyl sites for hydroxylation is 3. The number of benzene rings is 2. The van der Waals surface area contributed by atoms with E-state index in [1.54, 1.807) is 0 Å². The van der Waals surface area contributed by atoms with Crippen LogP contribution in [0.3, 0.4) is 0 Å². The summed E-state index contributed by atoms with van der Waals surface area (Å²) in [5.41, 5.74) is 4.05. The molecule has 0 saturated carbocycles. The number of thioether (sulfide) groups is 1. The highest BCUT2D eigenvalue weighted by Crippen LogP contribution is 2.28. The van der Waals surface area contributed by atoms with E-state index in [4.69, 9.17) is 0 Å². The Kier molecular flexibility index (Phi) is 5.96. The maximum atomic E-state index is 12.4. The van der Waals surface area contributed by atoms with Gasteiger partial charge in [-0.3, -0.25) is 9.36 Å². The van der Waals surface area contributed by atoms with Gasteiger partial charge in [0.15, 0.2) is 16.1 Å². The van der Waals surface area contributed by atoms with Crippen LogP contribution in [-0.4, -0.2) is 31.4 Å². The summed E-state index contributed by atoms with van der Waals surface area (Å²) in [6, 6.07) is 18.1. The summed E-state index contributed by atoms with van der Waals surface area (Å²) < 4.78 is 1.99. The fourth-order valence-corrected chi connectivity index (χ4v) is 4.46. The fraction of sp³-hybridized carbons (Fsp3) is 0.182. The maximum Gasteiger partial charge on any atom is 0.236 e. The van der Waals surface area contributed by atoms with Crippen LogP contribution >= 0.6 is 23.1 Å². The highest BCUT2D eigenvalue weighted by molar-refractivity contribution is 7.99. The van der Waals surface area contributed by atoms with E-state index in [1.165, 1.54) is 28.7 Å². The normalized spacial score (nSPS) is 10.9. The van der Waals surface area contributed by atoms with Crippen molar-refractivity contribution < 1.29 is 4.79 Å². The van der Waals surface area contributed by atoms with E-state index in [9.17, 15) is 4.79 Å². The van der Waals surface area contributed by atoms with Crippen molar-refractivity contribution >= 4 is 34.1 Å². The van der Waals surface area contributed by atoms with Gasteiger partial charge in [-0.15, -0.1) is 21.5 Å². The average Bonchev–Trinajstić information content (AvgIpc) is 3.30. The molecular weight excluding hydrogens is 414 g/mol. The molecule has 8 heteroatoms. The van der Waals surface area contributed by atoms with Crippen LogP contribution < -0.4 is 5.32 Å². The number of rotatable bonds is 6. The molecule has 0 aliphatic heterocycles. The lowest BCUT2D eigenvalue weighted by Crippen LogP contribution is -2.14. The van der Waals surface area contributed by atoms with E-state index >= 15 is 0 Å². The average molecular weight is 436 g/mol. The second-order valence-corrected chi connectivity index (χ2v) is 8.99. The van der Waals surface area contributed by atoms with E-state index in [0.29, 0.717) is 10.3 Å². The zero-order valence-corrected chi connectivity index (χ0v) is 18.5. The molecule has 6 nitrogen and oxygen atoms in total. The second-order valence-electron chi connectivity index (χ2n) is 6.84. The SMILES string of the molecule is Cc1ccc(-c2nnc(SCC(=O)Nc3nc(C)c(C)s3)n2-c2ccccc2)cc1. The van der Waals surface area contributed by atoms with Crippen LogP contribution in [0.5, 0.6) is 0 Å². The van der Waals surface area contributed by atoms with Gasteiger partial charge in [-0.25, -0.2) is 4.98 Å². The lowest BCUT2D eigenvalue weighted by atomic mass is 10.1. The van der Waals surface area contributed by atoms with Gasteiger partial charge in [-0.05, 0) is 32.9 Å². The quantitative estimate of drug-likeness (QED) is 0.429. The van der Waals surface area contributed by atoms with Gasteiger partial charge in [0.25, 0.3) is 0 Å². The van der Waals surface area contributed by atoms with Crippen LogP contribution in [0.4, 0.5) is 5.13 Å². The number of amides is 1. The fourth-order valence-electron chi connectivity index (χ4n) is 2.87. The Morgan fingerprint density at radius 1 is 1.03 bits per heavy atom. The number of aromatic nitrogens is 4. The first-order valence-electron chi connectivity index (χ1n) is 9.46. The minimum Gasteiger partial charge on any atom is -0.301 e. The molecule has 0 fully saturated rings. The molecule has 30 heavy (non-hydrogen) atoms. The van der Waals surface area contributed by atoms with Gasteiger partial charge in [0, 0.05) is 16.1 Å². The first kappa shape index (κ1) is 20.3. The zero-order chi connectivity index (χ0) is 21.1. The van der Waals surface area contributed by atoms with Crippen LogP contribution in [0, 0.1) is 20.8 Å². The van der Waals surface area contributed by atoms with E-state index in [0.717, 1.165) is 27.6 Å². The molecule has 0 unspecified atom stereocenters. The third-order valence-electron chi connectivity index (χ3n) is 4.56. The number of carbonyl (C=O) groups is 1. The molecule has 4 aromatic rings. The van der Waals surface area contributed by atoms with E-state index in [1.807, 2.05) is 60.9 Å². The van der Waals surface area contributed by atoms with Crippen molar-refractivity contribution in [2.24, 2.45) is 0 Å². The van der Waals surface area contributed by atoms with Crippen molar-refractivity contribution in [3.8, 4) is 17.1 Å². The standard InChI is InChI=1S/C22H21N5OS2/c1-14-9-11-17(12-10-14)20-25-26-22(27(20)18-7-5-4-6-8-18)29-13-19(28)24-21-23-15(2)16(3)30-21/h4-12H,13H2,1-3H3,(H,23,24,28). The van der Waals surface area contributed by atoms with Gasteiger partial charge < -0.3 is 5.32 Å². The first-order valence-corrected chi connectivity index (χ1v) is 11.3. The summed E-state index contributed by atoms with van der Waals surface area (Å²) in [4.78, 5) is 17.9. The number of carbonyl (C=O) groups excluding carboxylic acids is 1. The zero-order valence-electron chi connectivity index (χ0n) is 16.9. The Labute approximate surface area is 183 Å². The molecule has 0 atom stereocenters. The minimum absolute atomic E-state index is 0.117. The van der Waals surface area contributed by atoms with Crippen molar-refractivity contribution in [2.75, 3.05) is 11.1 Å². The molecule has 0 radical (unpaired) electrons. The number of nitrogens with zero attached hydrogens (tertiary/aromatic N) is 4. The summed E-state index contributed by atoms with van der Waals surface area (Å²) >= 11 is 2.83. The van der Waals surface area contributed by atoms with Crippen molar-refractivity contribution in [3.05, 3.63) is 70.7 Å². The molecule has 2 heterocycles. The molecule has 1 N–H and O–H groups in total. The summed E-state index contributed by atoms with van der Waals surface area (Å²) in [6.07, 6.45) is 0. The highest BCUT2D eigenvalue weighted by atomic mass is 32.2. The topological polar surface area (TPSA) is 72.7 Å². The largest absolute Gasteiger partial charge is 0.301 e. The van der Waals surface area contributed by atoms with E-state index in [2.05, 4.69) is 39.6 Å². The van der Waals surface area contributed by atoms with Crippen molar-refractivity contribution in [1.29, 1.82) is 0 Å². The lowest BCUT2D eigenvalue weighted by molar-refractivity contribution is -0.113. The highest BCUT2D eigenvalue weighted by Gasteiger charge is 2.17. The molecule has 0 bridgehead atoms. The molecule has 4 rings (SSSR count). The van der Waals surface area contributed by atoms with Gasteiger partial charge in [-0.2, -0.15) is 0 Å². The van der Waals surface area contributed by atoms with Crippen molar-refractivity contribution in [3.63, 3.8) is 0 Å². The van der Waals surface area contributed by atoms with E-state index < -0.39 is 0 Å². The maximum absolute atomic E-state index is 12.4. The number of hydrogen-bond donors (Lipinski definition) is 1. The number of thiazole rings is 1. The molecule has 2 aromatic heterocycles. The number of hydrogen-bond acceptors (Lipinski definition) is 6. The smallest absolute Gasteiger partial charge is 0.236 e. The van der Waals surface area contributed by atoms with Gasteiger partial charge >= 0.3 is 0 Å². The summed E-state index contributed by atoms with van der Waals surface area (Å²) in [7, 11) is 0. The Hall–Kier alpha value is -2.97. The summed E-state index contributed by atoms with van der Waals surface area (Å²) in [5, 5.41) is 12.9. The third kappa shape index (κ3) is 4.44.